The maximum absolute atomic E-state index is 11.2. The Labute approximate surface area is 120 Å². The van der Waals surface area contributed by atoms with Crippen molar-refractivity contribution in [1.29, 1.82) is 0 Å². The molecule has 3 rings (SSSR count). The van der Waals surface area contributed by atoms with E-state index in [1.54, 1.807) is 0 Å². The lowest BCUT2D eigenvalue weighted by Crippen LogP contribution is -2.58. The van der Waals surface area contributed by atoms with Crippen molar-refractivity contribution in [2.75, 3.05) is 38.1 Å². The van der Waals surface area contributed by atoms with Gasteiger partial charge in [-0.15, -0.1) is 0 Å². The Morgan fingerprint density at radius 3 is 2.45 bits per heavy atom. The third-order valence-electron chi connectivity index (χ3n) is 4.85. The van der Waals surface area contributed by atoms with Crippen LogP contribution in [0.25, 0.3) is 0 Å². The van der Waals surface area contributed by atoms with Gasteiger partial charge in [0.1, 0.15) is 0 Å². The van der Waals surface area contributed by atoms with Gasteiger partial charge >= 0.3 is 5.97 Å². The number of carboxylic acids is 1. The lowest BCUT2D eigenvalue weighted by molar-refractivity contribution is 0.00131. The van der Waals surface area contributed by atoms with E-state index in [2.05, 4.69) is 16.8 Å². The molecule has 0 amide bonds. The Hall–Kier alpha value is -1.55. The lowest BCUT2D eigenvalue weighted by Gasteiger charge is -2.53. The summed E-state index contributed by atoms with van der Waals surface area (Å²) in [6.45, 7) is 6.36. The Balaban J connectivity index is 1.72. The van der Waals surface area contributed by atoms with Gasteiger partial charge in [-0.3, -0.25) is 0 Å². The first kappa shape index (κ1) is 13.4. The number of piperidine rings is 1. The fourth-order valence-electron chi connectivity index (χ4n) is 3.69. The van der Waals surface area contributed by atoms with Crippen molar-refractivity contribution in [3.8, 4) is 0 Å². The van der Waals surface area contributed by atoms with Crippen LogP contribution in [0.3, 0.4) is 0 Å². The van der Waals surface area contributed by atoms with E-state index in [-0.39, 0.29) is 0 Å². The Morgan fingerprint density at radius 2 is 1.90 bits per heavy atom. The largest absolute Gasteiger partial charge is 0.478 e. The summed E-state index contributed by atoms with van der Waals surface area (Å²) in [5.41, 5.74) is 2.84. The first-order valence-corrected chi connectivity index (χ1v) is 7.27. The van der Waals surface area contributed by atoms with Crippen LogP contribution in [0.5, 0.6) is 0 Å². The van der Waals surface area contributed by atoms with E-state index in [1.807, 2.05) is 25.1 Å². The number of hydrogen-bond donors (Lipinski definition) is 1. The summed E-state index contributed by atoms with van der Waals surface area (Å²) in [6.07, 6.45) is 2.43. The number of nitrogens with zero attached hydrogens (tertiary/aromatic N) is 2. The first-order chi connectivity index (χ1) is 9.49. The third kappa shape index (κ3) is 2.29. The van der Waals surface area contributed by atoms with Gasteiger partial charge in [0.2, 0.25) is 0 Å². The van der Waals surface area contributed by atoms with Crippen LogP contribution in [0.1, 0.15) is 28.8 Å². The second kappa shape index (κ2) is 4.77. The minimum absolute atomic E-state index is 0.422. The molecule has 1 spiro atoms. The molecule has 0 unspecified atom stereocenters. The van der Waals surface area contributed by atoms with Gasteiger partial charge in [-0.05, 0) is 49.9 Å². The highest BCUT2D eigenvalue weighted by Crippen LogP contribution is 2.40. The van der Waals surface area contributed by atoms with Crippen molar-refractivity contribution in [3.63, 3.8) is 0 Å². The summed E-state index contributed by atoms with van der Waals surface area (Å²) in [5.74, 6) is -0.835. The van der Waals surface area contributed by atoms with Gasteiger partial charge in [0.25, 0.3) is 0 Å². The fourth-order valence-corrected chi connectivity index (χ4v) is 3.69. The molecule has 1 N–H and O–H groups in total. The van der Waals surface area contributed by atoms with Gasteiger partial charge in [-0.2, -0.15) is 0 Å². The molecule has 4 heteroatoms. The van der Waals surface area contributed by atoms with Gasteiger partial charge in [-0.1, -0.05) is 6.07 Å². The quantitative estimate of drug-likeness (QED) is 0.898. The number of rotatable bonds is 2. The molecule has 1 aromatic rings. The summed E-state index contributed by atoms with van der Waals surface area (Å²) in [7, 11) is 2.18. The van der Waals surface area contributed by atoms with Crippen LogP contribution in [0, 0.1) is 12.3 Å². The Morgan fingerprint density at radius 1 is 1.25 bits per heavy atom. The first-order valence-electron chi connectivity index (χ1n) is 7.27. The van der Waals surface area contributed by atoms with Gasteiger partial charge in [-0.25, -0.2) is 4.79 Å². The van der Waals surface area contributed by atoms with Crippen LogP contribution >= 0.6 is 0 Å². The standard InChI is InChI=1S/C16H22N2O2/c1-12-3-4-13(9-14(12)15(19)20)18-7-5-16(6-8-18)10-17(2)11-16/h3-4,9H,5-8,10-11H2,1-2H3,(H,19,20). The van der Waals surface area contributed by atoms with Crippen LogP contribution < -0.4 is 4.90 Å². The highest BCUT2D eigenvalue weighted by molar-refractivity contribution is 5.90. The van der Waals surface area contributed by atoms with Crippen LogP contribution in [0.4, 0.5) is 5.69 Å². The number of hydrogen-bond acceptors (Lipinski definition) is 3. The van der Waals surface area contributed by atoms with Crippen molar-refractivity contribution in [1.82, 2.24) is 4.90 Å². The van der Waals surface area contributed by atoms with Crippen molar-refractivity contribution in [2.24, 2.45) is 5.41 Å². The molecule has 0 radical (unpaired) electrons. The third-order valence-corrected chi connectivity index (χ3v) is 4.85. The van der Waals surface area contributed by atoms with E-state index in [1.165, 1.54) is 25.9 Å². The molecule has 2 fully saturated rings. The number of aryl methyl sites for hydroxylation is 1. The lowest BCUT2D eigenvalue weighted by atomic mass is 9.72. The normalized spacial score (nSPS) is 21.8. The number of likely N-dealkylation sites (tertiary alicyclic amines) is 1. The zero-order valence-electron chi connectivity index (χ0n) is 12.2. The second-order valence-corrected chi connectivity index (χ2v) is 6.46. The van der Waals surface area contributed by atoms with E-state index in [0.717, 1.165) is 24.3 Å². The number of anilines is 1. The van der Waals surface area contributed by atoms with Crippen molar-refractivity contribution in [2.45, 2.75) is 19.8 Å². The summed E-state index contributed by atoms with van der Waals surface area (Å²) in [5, 5.41) is 9.22. The average molecular weight is 274 g/mol. The van der Waals surface area contributed by atoms with E-state index in [9.17, 15) is 9.90 Å². The molecule has 1 aromatic carbocycles. The Bertz CT molecular complexity index is 525. The minimum atomic E-state index is -0.835. The maximum atomic E-state index is 11.2. The maximum Gasteiger partial charge on any atom is 0.336 e. The summed E-state index contributed by atoms with van der Waals surface area (Å²) in [4.78, 5) is 15.9. The van der Waals surface area contributed by atoms with E-state index in [0.29, 0.717) is 11.0 Å². The predicted octanol–water partition coefficient (Wildman–Crippen LogP) is 2.23. The van der Waals surface area contributed by atoms with Crippen molar-refractivity contribution >= 4 is 11.7 Å². The smallest absolute Gasteiger partial charge is 0.336 e. The van der Waals surface area contributed by atoms with Crippen molar-refractivity contribution in [3.05, 3.63) is 29.3 Å². The molecular weight excluding hydrogens is 252 g/mol. The number of carbonyl (C=O) groups is 1. The zero-order valence-corrected chi connectivity index (χ0v) is 12.2. The highest BCUT2D eigenvalue weighted by atomic mass is 16.4. The fraction of sp³-hybridized carbons (Fsp3) is 0.562. The van der Waals surface area contributed by atoms with Crippen molar-refractivity contribution < 1.29 is 9.90 Å². The average Bonchev–Trinajstić information content (AvgIpc) is 2.38. The summed E-state index contributed by atoms with van der Waals surface area (Å²) < 4.78 is 0. The van der Waals surface area contributed by atoms with E-state index >= 15 is 0 Å². The summed E-state index contributed by atoms with van der Waals surface area (Å²) in [6, 6.07) is 5.79. The SMILES string of the molecule is Cc1ccc(N2CCC3(CC2)CN(C)C3)cc1C(=O)O. The van der Waals surface area contributed by atoms with Gasteiger partial charge in [0.05, 0.1) is 5.56 Å². The minimum Gasteiger partial charge on any atom is -0.478 e. The molecular formula is C16H22N2O2. The zero-order chi connectivity index (χ0) is 14.3. The molecule has 0 aliphatic carbocycles. The molecule has 2 saturated heterocycles. The predicted molar refractivity (Wildman–Crippen MR) is 79.5 cm³/mol. The van der Waals surface area contributed by atoms with Crippen LogP contribution in [0.2, 0.25) is 0 Å². The van der Waals surface area contributed by atoms with Crippen LogP contribution in [-0.4, -0.2) is 49.2 Å². The second-order valence-electron chi connectivity index (χ2n) is 6.46. The van der Waals surface area contributed by atoms with Gasteiger partial charge in [0.15, 0.2) is 0 Å². The van der Waals surface area contributed by atoms with E-state index in [4.69, 9.17) is 0 Å². The summed E-state index contributed by atoms with van der Waals surface area (Å²) >= 11 is 0. The molecule has 20 heavy (non-hydrogen) atoms. The monoisotopic (exact) mass is 274 g/mol. The number of carboxylic acid groups (broad SMARTS) is 1. The molecule has 2 aliphatic rings. The molecule has 108 valence electrons. The molecule has 0 saturated carbocycles. The Kier molecular flexibility index (Phi) is 3.21. The highest BCUT2D eigenvalue weighted by Gasteiger charge is 2.43. The topological polar surface area (TPSA) is 43.8 Å². The molecule has 4 nitrogen and oxygen atoms in total. The van der Waals surface area contributed by atoms with Crippen LogP contribution in [-0.2, 0) is 0 Å². The van der Waals surface area contributed by atoms with Crippen LogP contribution in [0.15, 0.2) is 18.2 Å². The van der Waals surface area contributed by atoms with Gasteiger partial charge < -0.3 is 14.9 Å². The van der Waals surface area contributed by atoms with Gasteiger partial charge in [0, 0.05) is 31.9 Å². The molecule has 2 aliphatic heterocycles. The van der Waals surface area contributed by atoms with E-state index < -0.39 is 5.97 Å². The molecule has 0 atom stereocenters. The molecule has 0 bridgehead atoms. The number of benzene rings is 1. The molecule has 0 aromatic heterocycles. The molecule has 2 heterocycles. The number of aromatic carboxylic acids is 1.